The number of nitrogens with one attached hydrogen (secondary N) is 2. The second kappa shape index (κ2) is 5.72. The molecular formula is C12H24N2. The Morgan fingerprint density at radius 3 is 2.07 bits per heavy atom. The van der Waals surface area contributed by atoms with Gasteiger partial charge in [0.25, 0.3) is 0 Å². The first-order valence-electron chi connectivity index (χ1n) is 6.36. The molecule has 2 rings (SSSR count). The molecule has 1 aliphatic heterocycles. The fraction of sp³-hybridized carbons (Fsp3) is 1.00. The third kappa shape index (κ3) is 3.25. The van der Waals surface area contributed by atoms with Crippen molar-refractivity contribution >= 4 is 0 Å². The van der Waals surface area contributed by atoms with E-state index in [1.54, 1.807) is 0 Å². The highest BCUT2D eigenvalue weighted by Crippen LogP contribution is 2.23. The molecule has 0 aromatic heterocycles. The summed E-state index contributed by atoms with van der Waals surface area (Å²) in [4.78, 5) is 0. The summed E-state index contributed by atoms with van der Waals surface area (Å²) in [7, 11) is 0. The molecule has 14 heavy (non-hydrogen) atoms. The Bertz CT molecular complexity index is 146. The van der Waals surface area contributed by atoms with Crippen LogP contribution in [0.25, 0.3) is 0 Å². The van der Waals surface area contributed by atoms with Gasteiger partial charge in [-0.2, -0.15) is 0 Å². The van der Waals surface area contributed by atoms with Gasteiger partial charge in [-0.05, 0) is 63.7 Å². The van der Waals surface area contributed by atoms with Gasteiger partial charge < -0.3 is 10.6 Å². The Morgan fingerprint density at radius 1 is 0.857 bits per heavy atom. The highest BCUT2D eigenvalue weighted by Gasteiger charge is 2.16. The van der Waals surface area contributed by atoms with Crippen molar-refractivity contribution < 1.29 is 0 Å². The first-order valence-corrected chi connectivity index (χ1v) is 6.36. The van der Waals surface area contributed by atoms with Crippen LogP contribution in [0.1, 0.15) is 38.5 Å². The average molecular weight is 196 g/mol. The molecular weight excluding hydrogens is 172 g/mol. The Kier molecular flexibility index (Phi) is 4.26. The van der Waals surface area contributed by atoms with Gasteiger partial charge in [-0.25, -0.2) is 0 Å². The third-order valence-electron chi connectivity index (χ3n) is 3.80. The number of piperidine rings is 1. The predicted octanol–water partition coefficient (Wildman–Crippen LogP) is 1.77. The zero-order valence-electron chi connectivity index (χ0n) is 9.23. The summed E-state index contributed by atoms with van der Waals surface area (Å²) in [6, 6.07) is 0. The Hall–Kier alpha value is -0.0800. The first kappa shape index (κ1) is 10.4. The highest BCUT2D eigenvalue weighted by molar-refractivity contribution is 4.73. The maximum Gasteiger partial charge on any atom is -0.00195 e. The number of rotatable bonds is 4. The second-order valence-corrected chi connectivity index (χ2v) is 5.00. The molecule has 2 nitrogen and oxygen atoms in total. The SMILES string of the molecule is C1CCC(CNCC2CCNCC2)C1. The highest BCUT2D eigenvalue weighted by atomic mass is 14.9. The summed E-state index contributed by atoms with van der Waals surface area (Å²) >= 11 is 0. The summed E-state index contributed by atoms with van der Waals surface area (Å²) in [5, 5.41) is 7.09. The molecule has 1 saturated heterocycles. The van der Waals surface area contributed by atoms with Gasteiger partial charge >= 0.3 is 0 Å². The minimum absolute atomic E-state index is 0.942. The smallest absolute Gasteiger partial charge is 0.00195 e. The molecule has 0 atom stereocenters. The second-order valence-electron chi connectivity index (χ2n) is 5.00. The molecule has 0 bridgehead atoms. The molecule has 0 unspecified atom stereocenters. The topological polar surface area (TPSA) is 24.1 Å². The third-order valence-corrected chi connectivity index (χ3v) is 3.80. The van der Waals surface area contributed by atoms with Gasteiger partial charge in [0.2, 0.25) is 0 Å². The fourth-order valence-electron chi connectivity index (χ4n) is 2.79. The summed E-state index contributed by atoms with van der Waals surface area (Å²) in [5.74, 6) is 1.94. The van der Waals surface area contributed by atoms with E-state index in [1.807, 2.05) is 0 Å². The van der Waals surface area contributed by atoms with Crippen LogP contribution in [0.2, 0.25) is 0 Å². The largest absolute Gasteiger partial charge is 0.317 e. The molecule has 0 aromatic carbocycles. The molecule has 2 heteroatoms. The van der Waals surface area contributed by atoms with Crippen molar-refractivity contribution in [2.75, 3.05) is 26.2 Å². The lowest BCUT2D eigenvalue weighted by Crippen LogP contribution is -2.35. The van der Waals surface area contributed by atoms with E-state index in [1.165, 1.54) is 64.7 Å². The van der Waals surface area contributed by atoms with E-state index in [0.29, 0.717) is 0 Å². The standard InChI is InChI=1S/C12H24N2/c1-2-4-11(3-1)9-14-10-12-5-7-13-8-6-12/h11-14H,1-10H2. The average Bonchev–Trinajstić information content (AvgIpc) is 2.72. The number of hydrogen-bond acceptors (Lipinski definition) is 2. The zero-order valence-corrected chi connectivity index (χ0v) is 9.23. The van der Waals surface area contributed by atoms with Crippen molar-refractivity contribution in [3.05, 3.63) is 0 Å². The normalized spacial score (nSPS) is 25.7. The molecule has 1 heterocycles. The van der Waals surface area contributed by atoms with Crippen molar-refractivity contribution in [2.24, 2.45) is 11.8 Å². The van der Waals surface area contributed by atoms with Crippen LogP contribution in [0.5, 0.6) is 0 Å². The van der Waals surface area contributed by atoms with E-state index in [0.717, 1.165) is 11.8 Å². The lowest BCUT2D eigenvalue weighted by Gasteiger charge is -2.23. The van der Waals surface area contributed by atoms with Gasteiger partial charge in [0, 0.05) is 0 Å². The molecule has 0 radical (unpaired) electrons. The lowest BCUT2D eigenvalue weighted by atomic mass is 9.98. The van der Waals surface area contributed by atoms with Gasteiger partial charge in [-0.1, -0.05) is 12.8 Å². The fourth-order valence-corrected chi connectivity index (χ4v) is 2.79. The van der Waals surface area contributed by atoms with Gasteiger partial charge in [-0.3, -0.25) is 0 Å². The maximum absolute atomic E-state index is 3.67. The van der Waals surface area contributed by atoms with Crippen LogP contribution in [0.3, 0.4) is 0 Å². The Balaban J connectivity index is 1.52. The van der Waals surface area contributed by atoms with E-state index < -0.39 is 0 Å². The van der Waals surface area contributed by atoms with Crippen LogP contribution in [0.4, 0.5) is 0 Å². The molecule has 2 fully saturated rings. The molecule has 1 aliphatic carbocycles. The van der Waals surface area contributed by atoms with Crippen LogP contribution in [0, 0.1) is 11.8 Å². The van der Waals surface area contributed by atoms with Crippen LogP contribution >= 0.6 is 0 Å². The quantitative estimate of drug-likeness (QED) is 0.716. The van der Waals surface area contributed by atoms with E-state index in [9.17, 15) is 0 Å². The van der Waals surface area contributed by atoms with Crippen LogP contribution in [-0.4, -0.2) is 26.2 Å². The molecule has 0 aromatic rings. The minimum Gasteiger partial charge on any atom is -0.317 e. The Morgan fingerprint density at radius 2 is 1.43 bits per heavy atom. The predicted molar refractivity (Wildman–Crippen MR) is 60.4 cm³/mol. The number of hydrogen-bond donors (Lipinski definition) is 2. The molecule has 0 amide bonds. The van der Waals surface area contributed by atoms with Gasteiger partial charge in [-0.15, -0.1) is 0 Å². The van der Waals surface area contributed by atoms with E-state index >= 15 is 0 Å². The summed E-state index contributed by atoms with van der Waals surface area (Å²) in [6.07, 6.45) is 8.63. The van der Waals surface area contributed by atoms with E-state index in [4.69, 9.17) is 0 Å². The summed E-state index contributed by atoms with van der Waals surface area (Å²) in [6.45, 7) is 5.01. The van der Waals surface area contributed by atoms with Gasteiger partial charge in [0.1, 0.15) is 0 Å². The van der Waals surface area contributed by atoms with Crippen molar-refractivity contribution in [3.63, 3.8) is 0 Å². The first-order chi connectivity index (χ1) is 6.95. The monoisotopic (exact) mass is 196 g/mol. The Labute approximate surface area is 87.8 Å². The van der Waals surface area contributed by atoms with Crippen molar-refractivity contribution in [1.82, 2.24) is 10.6 Å². The maximum atomic E-state index is 3.67. The molecule has 82 valence electrons. The molecule has 2 N–H and O–H groups in total. The van der Waals surface area contributed by atoms with Gasteiger partial charge in [0.15, 0.2) is 0 Å². The zero-order chi connectivity index (χ0) is 9.64. The minimum atomic E-state index is 0.942. The van der Waals surface area contributed by atoms with Crippen LogP contribution < -0.4 is 10.6 Å². The molecule has 0 spiro atoms. The molecule has 2 aliphatic rings. The van der Waals surface area contributed by atoms with Gasteiger partial charge in [0.05, 0.1) is 0 Å². The van der Waals surface area contributed by atoms with Crippen molar-refractivity contribution in [3.8, 4) is 0 Å². The molecule has 1 saturated carbocycles. The van der Waals surface area contributed by atoms with E-state index in [2.05, 4.69) is 10.6 Å². The van der Waals surface area contributed by atoms with E-state index in [-0.39, 0.29) is 0 Å². The van der Waals surface area contributed by atoms with Crippen LogP contribution in [0.15, 0.2) is 0 Å². The van der Waals surface area contributed by atoms with Crippen molar-refractivity contribution in [1.29, 1.82) is 0 Å². The summed E-state index contributed by atoms with van der Waals surface area (Å²) < 4.78 is 0. The summed E-state index contributed by atoms with van der Waals surface area (Å²) in [5.41, 5.74) is 0. The lowest BCUT2D eigenvalue weighted by molar-refractivity contribution is 0.345. The van der Waals surface area contributed by atoms with Crippen molar-refractivity contribution in [2.45, 2.75) is 38.5 Å². The van der Waals surface area contributed by atoms with Crippen LogP contribution in [-0.2, 0) is 0 Å².